The highest BCUT2D eigenvalue weighted by Crippen LogP contribution is 2.26. The lowest BCUT2D eigenvalue weighted by Crippen LogP contribution is -2.13. The molecule has 0 aliphatic carbocycles. The van der Waals surface area contributed by atoms with Crippen molar-refractivity contribution in [3.63, 3.8) is 0 Å². The van der Waals surface area contributed by atoms with Gasteiger partial charge in [-0.3, -0.25) is 0 Å². The van der Waals surface area contributed by atoms with Gasteiger partial charge in [0.05, 0.1) is 0 Å². The predicted octanol–water partition coefficient (Wildman–Crippen LogP) is 3.36. The van der Waals surface area contributed by atoms with Crippen molar-refractivity contribution < 1.29 is 0 Å². The molecule has 0 radical (unpaired) electrons. The molecule has 0 aliphatic heterocycles. The van der Waals surface area contributed by atoms with E-state index in [1.165, 1.54) is 0 Å². The highest BCUT2D eigenvalue weighted by Gasteiger charge is 2.10. The van der Waals surface area contributed by atoms with Crippen LogP contribution in [0.15, 0.2) is 18.2 Å². The van der Waals surface area contributed by atoms with Crippen LogP contribution in [-0.4, -0.2) is 0 Å². The van der Waals surface area contributed by atoms with Crippen LogP contribution in [0.3, 0.4) is 0 Å². The van der Waals surface area contributed by atoms with E-state index in [2.05, 4.69) is 13.8 Å². The maximum atomic E-state index is 6.07. The molecule has 1 rings (SSSR count). The van der Waals surface area contributed by atoms with Gasteiger partial charge in [-0.05, 0) is 42.5 Å². The minimum atomic E-state index is -0.00824. The van der Waals surface area contributed by atoms with Crippen LogP contribution in [0.4, 0.5) is 5.69 Å². The molecular weight excluding hydrogens is 208 g/mol. The zero-order valence-corrected chi connectivity index (χ0v) is 10.1. The second-order valence-electron chi connectivity index (χ2n) is 4.35. The number of anilines is 1. The molecule has 0 amide bonds. The molecule has 1 atom stereocenters. The van der Waals surface area contributed by atoms with Crippen molar-refractivity contribution in [1.82, 2.24) is 0 Å². The number of hydrogen-bond acceptors (Lipinski definition) is 2. The van der Waals surface area contributed by atoms with E-state index in [-0.39, 0.29) is 6.04 Å². The van der Waals surface area contributed by atoms with E-state index in [0.717, 1.165) is 24.1 Å². The number of nitrogens with two attached hydrogens (primary N) is 2. The molecule has 0 fully saturated rings. The third kappa shape index (κ3) is 3.73. The zero-order chi connectivity index (χ0) is 11.4. The summed E-state index contributed by atoms with van der Waals surface area (Å²) in [6.07, 6.45) is 2.05. The molecule has 0 aromatic heterocycles. The van der Waals surface area contributed by atoms with Crippen LogP contribution in [0, 0.1) is 5.92 Å². The third-order valence-corrected chi connectivity index (χ3v) is 2.74. The Morgan fingerprint density at radius 2 is 1.93 bits per heavy atom. The minimum Gasteiger partial charge on any atom is -0.398 e. The van der Waals surface area contributed by atoms with Crippen LogP contribution in [-0.2, 0) is 0 Å². The SMILES string of the molecule is CC(C)CC[C@H](N)c1cc(Cl)ccc1N. The first-order chi connectivity index (χ1) is 7.00. The van der Waals surface area contributed by atoms with E-state index in [4.69, 9.17) is 23.1 Å². The summed E-state index contributed by atoms with van der Waals surface area (Å²) in [4.78, 5) is 0. The Balaban J connectivity index is 2.72. The summed E-state index contributed by atoms with van der Waals surface area (Å²) in [5.74, 6) is 0.663. The van der Waals surface area contributed by atoms with Crippen molar-refractivity contribution in [3.05, 3.63) is 28.8 Å². The molecule has 0 aliphatic rings. The first-order valence-electron chi connectivity index (χ1n) is 5.31. The molecule has 3 heteroatoms. The molecule has 0 spiro atoms. The summed E-state index contributed by atoms with van der Waals surface area (Å²) < 4.78 is 0. The van der Waals surface area contributed by atoms with E-state index in [0.29, 0.717) is 10.9 Å². The quantitative estimate of drug-likeness (QED) is 0.774. The van der Waals surface area contributed by atoms with E-state index in [9.17, 15) is 0 Å². The maximum absolute atomic E-state index is 6.07. The summed E-state index contributed by atoms with van der Waals surface area (Å²) in [5.41, 5.74) is 13.6. The molecule has 1 aromatic carbocycles. The molecule has 1 aromatic rings. The van der Waals surface area contributed by atoms with E-state index < -0.39 is 0 Å². The van der Waals surface area contributed by atoms with Gasteiger partial charge in [0.1, 0.15) is 0 Å². The minimum absolute atomic E-state index is 0.00824. The average Bonchev–Trinajstić information content (AvgIpc) is 2.18. The Kier molecular flexibility index (Phi) is 4.43. The Labute approximate surface area is 96.6 Å². The van der Waals surface area contributed by atoms with Gasteiger partial charge in [0.15, 0.2) is 0 Å². The molecule has 0 saturated carbocycles. The highest BCUT2D eigenvalue weighted by atomic mass is 35.5. The van der Waals surface area contributed by atoms with E-state index in [1.54, 1.807) is 6.07 Å². The number of halogens is 1. The molecule has 2 nitrogen and oxygen atoms in total. The lowest BCUT2D eigenvalue weighted by Gasteiger charge is -2.15. The molecule has 15 heavy (non-hydrogen) atoms. The van der Waals surface area contributed by atoms with Crippen LogP contribution < -0.4 is 11.5 Å². The predicted molar refractivity (Wildman–Crippen MR) is 66.9 cm³/mol. The second-order valence-corrected chi connectivity index (χ2v) is 4.79. The van der Waals surface area contributed by atoms with Crippen molar-refractivity contribution in [3.8, 4) is 0 Å². The maximum Gasteiger partial charge on any atom is 0.0410 e. The fourth-order valence-corrected chi connectivity index (χ4v) is 1.72. The third-order valence-electron chi connectivity index (χ3n) is 2.50. The van der Waals surface area contributed by atoms with Crippen molar-refractivity contribution in [2.45, 2.75) is 32.7 Å². The molecule has 0 heterocycles. The van der Waals surface area contributed by atoms with Crippen LogP contribution in [0.1, 0.15) is 38.3 Å². The summed E-state index contributed by atoms with van der Waals surface area (Å²) in [5, 5.41) is 0.694. The lowest BCUT2D eigenvalue weighted by molar-refractivity contribution is 0.508. The number of benzene rings is 1. The first-order valence-corrected chi connectivity index (χ1v) is 5.69. The molecule has 4 N–H and O–H groups in total. The normalized spacial score (nSPS) is 13.1. The topological polar surface area (TPSA) is 52.0 Å². The summed E-state index contributed by atoms with van der Waals surface area (Å²) in [7, 11) is 0. The Morgan fingerprint density at radius 1 is 1.27 bits per heavy atom. The van der Waals surface area contributed by atoms with E-state index in [1.807, 2.05) is 12.1 Å². The van der Waals surface area contributed by atoms with Crippen LogP contribution >= 0.6 is 11.6 Å². The molecule has 0 unspecified atom stereocenters. The van der Waals surface area contributed by atoms with Gasteiger partial charge < -0.3 is 11.5 Å². The largest absolute Gasteiger partial charge is 0.398 e. The van der Waals surface area contributed by atoms with Crippen molar-refractivity contribution in [1.29, 1.82) is 0 Å². The number of hydrogen-bond donors (Lipinski definition) is 2. The average molecular weight is 227 g/mol. The van der Waals surface area contributed by atoms with Crippen LogP contribution in [0.25, 0.3) is 0 Å². The van der Waals surface area contributed by atoms with Gasteiger partial charge in [-0.15, -0.1) is 0 Å². The fraction of sp³-hybridized carbons (Fsp3) is 0.500. The highest BCUT2D eigenvalue weighted by molar-refractivity contribution is 6.30. The van der Waals surface area contributed by atoms with Crippen molar-refractivity contribution >= 4 is 17.3 Å². The summed E-state index contributed by atoms with van der Waals surface area (Å²) >= 11 is 5.91. The molecular formula is C12H19ClN2. The van der Waals surface area contributed by atoms with Gasteiger partial charge in [0.25, 0.3) is 0 Å². The molecule has 0 saturated heterocycles. The molecule has 84 valence electrons. The van der Waals surface area contributed by atoms with Crippen LogP contribution in [0.5, 0.6) is 0 Å². The Morgan fingerprint density at radius 3 is 2.53 bits per heavy atom. The van der Waals surface area contributed by atoms with E-state index >= 15 is 0 Å². The Bertz CT molecular complexity index is 323. The van der Waals surface area contributed by atoms with Gasteiger partial charge in [0.2, 0.25) is 0 Å². The van der Waals surface area contributed by atoms with Crippen molar-refractivity contribution in [2.24, 2.45) is 11.7 Å². The number of rotatable bonds is 4. The number of nitrogen functional groups attached to an aromatic ring is 1. The van der Waals surface area contributed by atoms with Gasteiger partial charge in [0, 0.05) is 16.8 Å². The van der Waals surface area contributed by atoms with Gasteiger partial charge in [-0.25, -0.2) is 0 Å². The standard InChI is InChI=1S/C12H19ClN2/c1-8(2)3-5-11(14)10-7-9(13)4-6-12(10)15/h4,6-8,11H,3,5,14-15H2,1-2H3/t11-/m0/s1. The smallest absolute Gasteiger partial charge is 0.0410 e. The monoisotopic (exact) mass is 226 g/mol. The van der Waals surface area contributed by atoms with Gasteiger partial charge in [-0.2, -0.15) is 0 Å². The fourth-order valence-electron chi connectivity index (χ4n) is 1.54. The molecule has 0 bridgehead atoms. The second kappa shape index (κ2) is 5.38. The zero-order valence-electron chi connectivity index (χ0n) is 9.33. The van der Waals surface area contributed by atoms with Crippen LogP contribution in [0.2, 0.25) is 5.02 Å². The van der Waals surface area contributed by atoms with Gasteiger partial charge in [-0.1, -0.05) is 25.4 Å². The van der Waals surface area contributed by atoms with Gasteiger partial charge >= 0.3 is 0 Å². The summed E-state index contributed by atoms with van der Waals surface area (Å²) in [6.45, 7) is 4.38. The summed E-state index contributed by atoms with van der Waals surface area (Å²) in [6, 6.07) is 5.45. The first kappa shape index (κ1) is 12.3. The van der Waals surface area contributed by atoms with Crippen molar-refractivity contribution in [2.75, 3.05) is 5.73 Å². The lowest BCUT2D eigenvalue weighted by atomic mass is 9.97. The Hall–Kier alpha value is -0.730.